The molecule has 2 rings (SSSR count). The van der Waals surface area contributed by atoms with Crippen molar-refractivity contribution in [3.05, 3.63) is 23.3 Å². The summed E-state index contributed by atoms with van der Waals surface area (Å²) in [7, 11) is 0. The van der Waals surface area contributed by atoms with Crippen molar-refractivity contribution in [3.8, 4) is 5.75 Å². The molecule has 1 aromatic rings. The zero-order chi connectivity index (χ0) is 12.4. The second-order valence-electron chi connectivity index (χ2n) is 4.04. The summed E-state index contributed by atoms with van der Waals surface area (Å²) in [5.74, 6) is 0.682. The zero-order valence-electron chi connectivity index (χ0n) is 9.80. The van der Waals surface area contributed by atoms with Crippen LogP contribution in [-0.2, 0) is 6.42 Å². The largest absolute Gasteiger partial charge is 0.487 e. The van der Waals surface area contributed by atoms with Crippen molar-refractivity contribution in [2.45, 2.75) is 32.8 Å². The number of azo groups is 1. The van der Waals surface area contributed by atoms with Gasteiger partial charge in [0.1, 0.15) is 11.8 Å². The fourth-order valence-electron chi connectivity index (χ4n) is 1.94. The maximum Gasteiger partial charge on any atom is 0.449 e. The highest BCUT2D eigenvalue weighted by molar-refractivity contribution is 5.66. The molecule has 0 saturated carbocycles. The van der Waals surface area contributed by atoms with Crippen LogP contribution in [0.15, 0.2) is 22.4 Å². The first kappa shape index (κ1) is 11.6. The molecule has 1 N–H and O–H groups in total. The average molecular weight is 234 g/mol. The lowest BCUT2D eigenvalue weighted by Crippen LogP contribution is -2.10. The molecule has 5 heteroatoms. The van der Waals surface area contributed by atoms with Crippen LogP contribution in [0.2, 0.25) is 0 Å². The Morgan fingerprint density at radius 2 is 2.35 bits per heavy atom. The minimum Gasteiger partial charge on any atom is -0.487 e. The molecule has 0 saturated heterocycles. The SMILES string of the molecule is CCC1Cc2c(C)ccc(N=NC(=O)O)c2O1. The number of nitrogens with zero attached hydrogens (tertiary/aromatic N) is 2. The van der Waals surface area contributed by atoms with Crippen molar-refractivity contribution in [2.75, 3.05) is 0 Å². The molecular weight excluding hydrogens is 220 g/mol. The predicted octanol–water partition coefficient (Wildman–Crippen LogP) is 3.47. The Morgan fingerprint density at radius 3 is 3.00 bits per heavy atom. The number of carboxylic acid groups (broad SMARTS) is 1. The van der Waals surface area contributed by atoms with Crippen molar-refractivity contribution in [3.63, 3.8) is 0 Å². The fourth-order valence-corrected chi connectivity index (χ4v) is 1.94. The maximum atomic E-state index is 10.4. The quantitative estimate of drug-likeness (QED) is 0.796. The lowest BCUT2D eigenvalue weighted by molar-refractivity contribution is 0.204. The molecule has 0 radical (unpaired) electrons. The lowest BCUT2D eigenvalue weighted by atomic mass is 10.0. The average Bonchev–Trinajstić information content (AvgIpc) is 2.73. The summed E-state index contributed by atoms with van der Waals surface area (Å²) >= 11 is 0. The second kappa shape index (κ2) is 4.53. The molecule has 1 aromatic carbocycles. The molecular formula is C12H14N2O3. The van der Waals surface area contributed by atoms with Crippen LogP contribution in [-0.4, -0.2) is 17.3 Å². The van der Waals surface area contributed by atoms with Crippen LogP contribution >= 0.6 is 0 Å². The molecule has 17 heavy (non-hydrogen) atoms. The Kier molecular flexibility index (Phi) is 3.08. The number of aryl methyl sites for hydroxylation is 1. The van der Waals surface area contributed by atoms with Gasteiger partial charge in [0.2, 0.25) is 0 Å². The van der Waals surface area contributed by atoms with E-state index in [0.717, 1.165) is 24.0 Å². The highest BCUT2D eigenvalue weighted by Crippen LogP contribution is 2.40. The smallest absolute Gasteiger partial charge is 0.449 e. The van der Waals surface area contributed by atoms with Crippen molar-refractivity contribution >= 4 is 11.8 Å². The van der Waals surface area contributed by atoms with Gasteiger partial charge in [-0.3, -0.25) is 0 Å². The van der Waals surface area contributed by atoms with Crippen LogP contribution in [0.4, 0.5) is 10.5 Å². The summed E-state index contributed by atoms with van der Waals surface area (Å²) in [5, 5.41) is 15.3. The van der Waals surface area contributed by atoms with Gasteiger partial charge in [0, 0.05) is 12.0 Å². The third kappa shape index (κ3) is 2.27. The van der Waals surface area contributed by atoms with E-state index in [2.05, 4.69) is 17.2 Å². The van der Waals surface area contributed by atoms with Crippen LogP contribution < -0.4 is 4.74 Å². The van der Waals surface area contributed by atoms with E-state index >= 15 is 0 Å². The second-order valence-corrected chi connectivity index (χ2v) is 4.04. The molecule has 0 bridgehead atoms. The fraction of sp³-hybridized carbons (Fsp3) is 0.417. The van der Waals surface area contributed by atoms with Crippen molar-refractivity contribution < 1.29 is 14.6 Å². The van der Waals surface area contributed by atoms with Crippen LogP contribution in [0.5, 0.6) is 5.75 Å². The molecule has 0 spiro atoms. The number of rotatable bonds is 2. The number of hydrogen-bond donors (Lipinski definition) is 1. The molecule has 1 atom stereocenters. The van der Waals surface area contributed by atoms with Gasteiger partial charge in [0.05, 0.1) is 0 Å². The standard InChI is InChI=1S/C12H14N2O3/c1-3-8-6-9-7(2)4-5-10(11(9)17-8)13-14-12(15)16/h4-5,8H,3,6H2,1-2H3,(H,15,16). The van der Waals surface area contributed by atoms with Gasteiger partial charge < -0.3 is 9.84 Å². The van der Waals surface area contributed by atoms with E-state index in [9.17, 15) is 4.79 Å². The summed E-state index contributed by atoms with van der Waals surface area (Å²) in [4.78, 5) is 10.4. The van der Waals surface area contributed by atoms with Gasteiger partial charge in [-0.25, -0.2) is 4.79 Å². The number of amides is 1. The van der Waals surface area contributed by atoms with Crippen molar-refractivity contribution in [1.29, 1.82) is 0 Å². The Bertz CT molecular complexity index is 483. The van der Waals surface area contributed by atoms with Gasteiger partial charge in [0.25, 0.3) is 0 Å². The van der Waals surface area contributed by atoms with E-state index in [1.807, 2.05) is 13.0 Å². The molecule has 1 heterocycles. The summed E-state index contributed by atoms with van der Waals surface area (Å²) in [6.07, 6.45) is 0.631. The molecule has 0 fully saturated rings. The lowest BCUT2D eigenvalue weighted by Gasteiger charge is -2.07. The minimum absolute atomic E-state index is 0.157. The molecule has 1 unspecified atom stereocenters. The minimum atomic E-state index is -1.30. The monoisotopic (exact) mass is 234 g/mol. The third-order valence-electron chi connectivity index (χ3n) is 2.89. The molecule has 0 aliphatic carbocycles. The normalized spacial score (nSPS) is 18.1. The van der Waals surface area contributed by atoms with Crippen molar-refractivity contribution in [1.82, 2.24) is 0 Å². The Labute approximate surface area is 99.1 Å². The molecule has 1 amide bonds. The van der Waals surface area contributed by atoms with E-state index in [4.69, 9.17) is 9.84 Å². The number of hydrogen-bond acceptors (Lipinski definition) is 3. The Balaban J connectivity index is 2.38. The van der Waals surface area contributed by atoms with Crippen molar-refractivity contribution in [2.24, 2.45) is 10.2 Å². The summed E-state index contributed by atoms with van der Waals surface area (Å²) in [5.41, 5.74) is 2.74. The van der Waals surface area contributed by atoms with Gasteiger partial charge in [-0.15, -0.1) is 5.11 Å². The third-order valence-corrected chi connectivity index (χ3v) is 2.89. The molecule has 90 valence electrons. The van der Waals surface area contributed by atoms with E-state index in [1.165, 1.54) is 0 Å². The maximum absolute atomic E-state index is 10.4. The first-order valence-electron chi connectivity index (χ1n) is 5.55. The summed E-state index contributed by atoms with van der Waals surface area (Å²) in [6.45, 7) is 4.07. The first-order chi connectivity index (χ1) is 8.11. The summed E-state index contributed by atoms with van der Waals surface area (Å²) < 4.78 is 5.75. The van der Waals surface area contributed by atoms with E-state index in [0.29, 0.717) is 11.4 Å². The van der Waals surface area contributed by atoms with Gasteiger partial charge in [-0.05, 0) is 25.0 Å². The number of fused-ring (bicyclic) bond motifs is 1. The first-order valence-corrected chi connectivity index (χ1v) is 5.55. The van der Waals surface area contributed by atoms with Crippen LogP contribution in [0, 0.1) is 6.92 Å². The van der Waals surface area contributed by atoms with E-state index in [1.54, 1.807) is 6.07 Å². The Hall–Kier alpha value is -1.91. The number of ether oxygens (including phenoxy) is 1. The van der Waals surface area contributed by atoms with E-state index < -0.39 is 6.09 Å². The van der Waals surface area contributed by atoms with Crippen LogP contribution in [0.25, 0.3) is 0 Å². The summed E-state index contributed by atoms with van der Waals surface area (Å²) in [6, 6.07) is 3.65. The van der Waals surface area contributed by atoms with Gasteiger partial charge in [-0.1, -0.05) is 18.1 Å². The zero-order valence-corrected chi connectivity index (χ0v) is 9.80. The topological polar surface area (TPSA) is 71.2 Å². The van der Waals surface area contributed by atoms with Gasteiger partial charge in [0.15, 0.2) is 5.75 Å². The van der Waals surface area contributed by atoms with Gasteiger partial charge >= 0.3 is 6.09 Å². The molecule has 0 aromatic heterocycles. The predicted molar refractivity (Wildman–Crippen MR) is 62.1 cm³/mol. The number of benzene rings is 1. The van der Waals surface area contributed by atoms with Crippen LogP contribution in [0.3, 0.4) is 0 Å². The molecule has 1 aliphatic heterocycles. The van der Waals surface area contributed by atoms with Crippen LogP contribution in [0.1, 0.15) is 24.5 Å². The van der Waals surface area contributed by atoms with Gasteiger partial charge in [-0.2, -0.15) is 0 Å². The Morgan fingerprint density at radius 1 is 1.59 bits per heavy atom. The highest BCUT2D eigenvalue weighted by Gasteiger charge is 2.25. The van der Waals surface area contributed by atoms with E-state index in [-0.39, 0.29) is 6.10 Å². The highest BCUT2D eigenvalue weighted by atomic mass is 16.5. The number of carbonyl (C=O) groups is 1. The molecule has 1 aliphatic rings. The molecule has 5 nitrogen and oxygen atoms in total.